The van der Waals surface area contributed by atoms with Gasteiger partial charge in [-0.15, -0.1) is 0 Å². The summed E-state index contributed by atoms with van der Waals surface area (Å²) in [5.41, 5.74) is -0.0617. The number of aliphatic hydroxyl groups is 12. The second-order valence-electron chi connectivity index (χ2n) is 25.8. The maximum atomic E-state index is 12.4. The van der Waals surface area contributed by atoms with Crippen molar-refractivity contribution in [2.75, 3.05) is 19.8 Å². The maximum absolute atomic E-state index is 12.4. The Morgan fingerprint density at radius 1 is 0.568 bits per heavy atom. The van der Waals surface area contributed by atoms with Crippen molar-refractivity contribution in [2.24, 2.45) is 63.1 Å². The Bertz CT molecular complexity index is 1990. The van der Waals surface area contributed by atoms with Crippen molar-refractivity contribution in [1.82, 2.24) is 0 Å². The van der Waals surface area contributed by atoms with Crippen molar-refractivity contribution >= 4 is 0 Å². The first-order chi connectivity index (χ1) is 34.6. The quantitative estimate of drug-likeness (QED) is 0.103. The van der Waals surface area contributed by atoms with Gasteiger partial charge >= 0.3 is 0 Å². The molecule has 0 spiro atoms. The van der Waals surface area contributed by atoms with E-state index in [9.17, 15) is 61.3 Å². The summed E-state index contributed by atoms with van der Waals surface area (Å²) < 4.78 is 49.7. The lowest BCUT2D eigenvalue weighted by Gasteiger charge is -2.71. The topological polar surface area (TPSA) is 317 Å². The van der Waals surface area contributed by atoms with E-state index in [1.807, 2.05) is 0 Å². The maximum Gasteiger partial charge on any atom is 0.187 e. The number of allylic oxidation sites excluding steroid dienone is 1. The van der Waals surface area contributed by atoms with Gasteiger partial charge in [-0.1, -0.05) is 67.0 Å². The molecule has 0 bridgehead atoms. The number of fused-ring (bicyclic) bond motifs is 7. The van der Waals surface area contributed by atoms with Crippen LogP contribution < -0.4 is 0 Å². The zero-order chi connectivity index (χ0) is 54.1. The molecule has 0 aromatic carbocycles. The number of hydrogen-bond acceptors (Lipinski definition) is 20. The van der Waals surface area contributed by atoms with Crippen LogP contribution in [0.5, 0.6) is 0 Å². The highest BCUT2D eigenvalue weighted by Crippen LogP contribution is 2.75. The highest BCUT2D eigenvalue weighted by molar-refractivity contribution is 5.34. The Morgan fingerprint density at radius 3 is 1.80 bits per heavy atom. The average molecular weight is 1060 g/mol. The predicted octanol–water partition coefficient (Wildman–Crippen LogP) is 0.205. The van der Waals surface area contributed by atoms with E-state index in [0.717, 1.165) is 38.5 Å². The van der Waals surface area contributed by atoms with Gasteiger partial charge in [0.05, 0.1) is 37.6 Å². The first kappa shape index (κ1) is 57.6. The van der Waals surface area contributed by atoms with E-state index < -0.39 is 154 Å². The van der Waals surface area contributed by atoms with Crippen molar-refractivity contribution in [3.63, 3.8) is 0 Å². The standard InChI is InChI=1S/C54H90O20/c1-22-23(2)26-13-17-52(8)27(34(26)54(10,66)24(22)3)11-12-32-51(7)16-15-33(50(5,6)31(51)14-18-53(32,52)9)71-48-45(74-46-41(64)38(61)35(58)25(4)68-46)43(28(57)21-67-48)72-49-44(40(63)37(60)30(20-56)70-49)73-47-42(65)39(62)36(59)29(19-55)69-47/h11,22-26,28-49,55-66H,12-21H2,1-10H3/t22-,23+,24+,25-,26?,28-,29+,30+,31?,32?,33?,34+,35-,36+,37+,38+,39-,40-,41+,42+,43-,44+,45+,46-,47-,48-,49-,51-,52+,53+,54+/m0/s1. The van der Waals surface area contributed by atoms with Gasteiger partial charge in [-0.25, -0.2) is 0 Å². The van der Waals surface area contributed by atoms with Crippen LogP contribution in [0, 0.1) is 63.1 Å². The van der Waals surface area contributed by atoms with Crippen LogP contribution in [0.2, 0.25) is 0 Å². The molecule has 4 aliphatic heterocycles. The SMILES string of the molecule is C[C@@H]1[C@@H](C)[C@@](C)(O)[C@H]2C3=CCC4[C@@]5(C)CCC(O[C@@H]6OC[C@H](O)[C@H](O[C@@H]7O[C@H](CO)[C@@H](O)[C@H](O)[C@H]7O[C@@H]7O[C@H](CO)[C@@H](O)[C@H](O)[C@H]7O)[C@H]6O[C@@H]6O[C@@H](C)[C@H](O)[C@@H](O)[C@H]6O)C(C)(C)C5CC[C@@]4(C)[C@]3(C)CCC2[C@@H]1C. The summed E-state index contributed by atoms with van der Waals surface area (Å²) in [5.74, 6) is 2.17. The van der Waals surface area contributed by atoms with E-state index in [4.69, 9.17) is 37.9 Å². The van der Waals surface area contributed by atoms with Gasteiger partial charge in [0, 0.05) is 5.92 Å². The molecule has 12 N–H and O–H groups in total. The van der Waals surface area contributed by atoms with Crippen LogP contribution in [-0.4, -0.2) is 210 Å². The van der Waals surface area contributed by atoms with Crippen molar-refractivity contribution in [2.45, 2.75) is 243 Å². The van der Waals surface area contributed by atoms with Crippen LogP contribution in [0.15, 0.2) is 11.6 Å². The van der Waals surface area contributed by atoms with Crippen LogP contribution in [-0.2, 0) is 37.9 Å². The Balaban J connectivity index is 1.00. The third-order valence-electron chi connectivity index (χ3n) is 22.1. The van der Waals surface area contributed by atoms with Crippen molar-refractivity contribution in [3.05, 3.63) is 11.6 Å². The molecule has 0 amide bonds. The van der Waals surface area contributed by atoms with E-state index in [-0.39, 0.29) is 34.0 Å². The minimum atomic E-state index is -1.94. The van der Waals surface area contributed by atoms with Gasteiger partial charge in [-0.2, -0.15) is 0 Å². The molecule has 8 fully saturated rings. The van der Waals surface area contributed by atoms with Crippen LogP contribution >= 0.6 is 0 Å². The van der Waals surface area contributed by atoms with Gasteiger partial charge in [0.15, 0.2) is 25.2 Å². The molecule has 4 saturated heterocycles. The zero-order valence-electron chi connectivity index (χ0n) is 44.9. The molecule has 20 heteroatoms. The summed E-state index contributed by atoms with van der Waals surface area (Å²) in [6, 6.07) is 0. The zero-order valence-corrected chi connectivity index (χ0v) is 44.9. The van der Waals surface area contributed by atoms with Gasteiger partial charge in [0.2, 0.25) is 0 Å². The molecule has 0 aromatic rings. The molecule has 74 heavy (non-hydrogen) atoms. The molecule has 20 nitrogen and oxygen atoms in total. The fourth-order valence-electron chi connectivity index (χ4n) is 16.9. The van der Waals surface area contributed by atoms with Gasteiger partial charge in [-0.05, 0) is 116 Å². The van der Waals surface area contributed by atoms with Crippen LogP contribution in [0.1, 0.15) is 114 Å². The summed E-state index contributed by atoms with van der Waals surface area (Å²) in [5, 5.41) is 132. The number of hydrogen-bond donors (Lipinski definition) is 12. The lowest BCUT2D eigenvalue weighted by Crippen LogP contribution is -2.68. The molecular formula is C54H90O20. The van der Waals surface area contributed by atoms with E-state index >= 15 is 0 Å². The van der Waals surface area contributed by atoms with Gasteiger partial charge in [0.25, 0.3) is 0 Å². The fraction of sp³-hybridized carbons (Fsp3) is 0.963. The molecule has 31 atom stereocenters. The summed E-state index contributed by atoms with van der Waals surface area (Å²) in [7, 11) is 0. The fourth-order valence-corrected chi connectivity index (χ4v) is 16.9. The molecule has 5 aliphatic carbocycles. The van der Waals surface area contributed by atoms with Gasteiger partial charge in [-0.3, -0.25) is 0 Å². The monoisotopic (exact) mass is 1060 g/mol. The number of aliphatic hydroxyl groups excluding tert-OH is 11. The molecule has 0 radical (unpaired) electrons. The third kappa shape index (κ3) is 9.04. The molecule has 4 unspecified atom stereocenters. The van der Waals surface area contributed by atoms with Crippen LogP contribution in [0.25, 0.3) is 0 Å². The normalized spacial score (nSPS) is 57.5. The minimum Gasteiger partial charge on any atom is -0.394 e. The minimum absolute atomic E-state index is 0.0326. The lowest BCUT2D eigenvalue weighted by molar-refractivity contribution is -0.401. The number of ether oxygens (including phenoxy) is 8. The highest BCUT2D eigenvalue weighted by Gasteiger charge is 2.69. The average Bonchev–Trinajstić information content (AvgIpc) is 3.35. The largest absolute Gasteiger partial charge is 0.394 e. The van der Waals surface area contributed by atoms with E-state index in [2.05, 4.69) is 68.4 Å². The summed E-state index contributed by atoms with van der Waals surface area (Å²) in [6.07, 6.45) is -22.8. The smallest absolute Gasteiger partial charge is 0.187 e. The first-order valence-electron chi connectivity index (χ1n) is 27.6. The molecule has 4 saturated carbocycles. The number of rotatable bonds is 10. The molecule has 4 heterocycles. The highest BCUT2D eigenvalue weighted by atomic mass is 16.8. The lowest BCUT2D eigenvalue weighted by atomic mass is 9.33. The second-order valence-corrected chi connectivity index (χ2v) is 25.8. The van der Waals surface area contributed by atoms with Gasteiger partial charge < -0.3 is 99.2 Å². The van der Waals surface area contributed by atoms with E-state index in [0.29, 0.717) is 30.1 Å². The van der Waals surface area contributed by atoms with Crippen LogP contribution in [0.3, 0.4) is 0 Å². The molecular weight excluding hydrogens is 969 g/mol. The van der Waals surface area contributed by atoms with Crippen molar-refractivity contribution in [3.8, 4) is 0 Å². The molecule has 9 aliphatic rings. The van der Waals surface area contributed by atoms with E-state index in [1.165, 1.54) is 12.5 Å². The Hall–Kier alpha value is -1.06. The van der Waals surface area contributed by atoms with Crippen molar-refractivity contribution in [1.29, 1.82) is 0 Å². The molecule has 9 rings (SSSR count). The predicted molar refractivity (Wildman–Crippen MR) is 260 cm³/mol. The van der Waals surface area contributed by atoms with E-state index in [1.54, 1.807) is 0 Å². The van der Waals surface area contributed by atoms with Crippen molar-refractivity contribution < 1.29 is 99.2 Å². The second kappa shape index (κ2) is 20.8. The Morgan fingerprint density at radius 2 is 1.15 bits per heavy atom. The van der Waals surface area contributed by atoms with Crippen LogP contribution in [0.4, 0.5) is 0 Å². The Labute approximate surface area is 435 Å². The summed E-state index contributed by atoms with van der Waals surface area (Å²) >= 11 is 0. The summed E-state index contributed by atoms with van der Waals surface area (Å²) in [6.45, 7) is 20.4. The Kier molecular flexibility index (Phi) is 16.2. The summed E-state index contributed by atoms with van der Waals surface area (Å²) in [4.78, 5) is 0. The molecule has 0 aromatic heterocycles. The van der Waals surface area contributed by atoms with Gasteiger partial charge in [0.1, 0.15) is 85.5 Å². The molecule has 426 valence electrons. The third-order valence-corrected chi connectivity index (χ3v) is 22.1. The first-order valence-corrected chi connectivity index (χ1v) is 27.6.